The summed E-state index contributed by atoms with van der Waals surface area (Å²) in [5.74, 6) is -1.28. The second kappa shape index (κ2) is 4.76. The predicted octanol–water partition coefficient (Wildman–Crippen LogP) is 1.52. The number of hydrogen-bond donors (Lipinski definition) is 2. The molecule has 0 spiro atoms. The van der Waals surface area contributed by atoms with Crippen LogP contribution >= 0.6 is 0 Å². The minimum Gasteiger partial charge on any atom is -0.480 e. The van der Waals surface area contributed by atoms with Crippen LogP contribution in [0, 0.1) is 6.92 Å². The van der Waals surface area contributed by atoms with Crippen molar-refractivity contribution in [1.82, 2.24) is 10.3 Å². The van der Waals surface area contributed by atoms with Gasteiger partial charge in [-0.05, 0) is 31.4 Å². The lowest BCUT2D eigenvalue weighted by Gasteiger charge is -2.25. The maximum absolute atomic E-state index is 12.1. The summed E-state index contributed by atoms with van der Waals surface area (Å²) in [7, 11) is 0. The zero-order valence-corrected chi connectivity index (χ0v) is 10.3. The van der Waals surface area contributed by atoms with Crippen LogP contribution in [-0.4, -0.2) is 27.5 Å². The monoisotopic (exact) mass is 248 g/mol. The van der Waals surface area contributed by atoms with Gasteiger partial charge < -0.3 is 10.4 Å². The number of nitrogens with zero attached hydrogens (tertiary/aromatic N) is 1. The number of aromatic nitrogens is 1. The zero-order chi connectivity index (χ0) is 13.2. The maximum atomic E-state index is 12.1. The molecule has 18 heavy (non-hydrogen) atoms. The van der Waals surface area contributed by atoms with E-state index in [0.717, 1.165) is 18.4 Å². The van der Waals surface area contributed by atoms with Crippen LogP contribution < -0.4 is 5.32 Å². The number of carbonyl (C=O) groups excluding carboxylic acids is 1. The smallest absolute Gasteiger partial charge is 0.329 e. The van der Waals surface area contributed by atoms with Crippen LogP contribution in [0.5, 0.6) is 0 Å². The molecular formula is C13H16N2O3. The fourth-order valence-corrected chi connectivity index (χ4v) is 2.38. The number of aliphatic carboxylic acids is 1. The fraction of sp³-hybridized carbons (Fsp3) is 0.462. The third-order valence-electron chi connectivity index (χ3n) is 3.48. The molecule has 0 radical (unpaired) electrons. The topological polar surface area (TPSA) is 79.3 Å². The summed E-state index contributed by atoms with van der Waals surface area (Å²) in [6.45, 7) is 1.78. The molecule has 1 heterocycles. The van der Waals surface area contributed by atoms with E-state index >= 15 is 0 Å². The van der Waals surface area contributed by atoms with E-state index in [1.807, 2.05) is 0 Å². The number of carbonyl (C=O) groups is 2. The normalized spacial score (nSPS) is 17.4. The Hall–Kier alpha value is -1.91. The summed E-state index contributed by atoms with van der Waals surface area (Å²) in [6.07, 6.45) is 5.79. The van der Waals surface area contributed by atoms with Gasteiger partial charge in [-0.15, -0.1) is 0 Å². The van der Waals surface area contributed by atoms with E-state index in [1.165, 1.54) is 6.20 Å². The Morgan fingerprint density at radius 3 is 2.61 bits per heavy atom. The molecule has 1 fully saturated rings. The quantitative estimate of drug-likeness (QED) is 0.850. The number of rotatable bonds is 3. The van der Waals surface area contributed by atoms with Gasteiger partial charge >= 0.3 is 5.97 Å². The molecule has 5 heteroatoms. The van der Waals surface area contributed by atoms with Crippen LogP contribution in [0.1, 0.15) is 41.6 Å². The van der Waals surface area contributed by atoms with E-state index in [4.69, 9.17) is 0 Å². The van der Waals surface area contributed by atoms with Crippen molar-refractivity contribution >= 4 is 11.9 Å². The Balaban J connectivity index is 2.21. The van der Waals surface area contributed by atoms with Gasteiger partial charge in [-0.2, -0.15) is 0 Å². The lowest BCUT2D eigenvalue weighted by Crippen LogP contribution is -2.52. The average Bonchev–Trinajstić information content (AvgIpc) is 2.79. The van der Waals surface area contributed by atoms with Gasteiger partial charge in [0.15, 0.2) is 0 Å². The van der Waals surface area contributed by atoms with Gasteiger partial charge in [0, 0.05) is 18.0 Å². The molecule has 1 aliphatic carbocycles. The molecule has 2 rings (SSSR count). The summed E-state index contributed by atoms with van der Waals surface area (Å²) >= 11 is 0. The van der Waals surface area contributed by atoms with Gasteiger partial charge in [0.05, 0.1) is 0 Å². The molecule has 2 N–H and O–H groups in total. The molecule has 1 aromatic rings. The van der Waals surface area contributed by atoms with Crippen molar-refractivity contribution in [2.45, 2.75) is 38.1 Å². The second-order valence-corrected chi connectivity index (χ2v) is 4.74. The lowest BCUT2D eigenvalue weighted by atomic mass is 9.97. The van der Waals surface area contributed by atoms with E-state index in [1.54, 1.807) is 19.2 Å². The highest BCUT2D eigenvalue weighted by molar-refractivity contribution is 5.98. The van der Waals surface area contributed by atoms with Gasteiger partial charge in [0.25, 0.3) is 5.91 Å². The van der Waals surface area contributed by atoms with Crippen molar-refractivity contribution in [3.63, 3.8) is 0 Å². The van der Waals surface area contributed by atoms with Crippen LogP contribution in [0.2, 0.25) is 0 Å². The number of pyridine rings is 1. The van der Waals surface area contributed by atoms with Crippen molar-refractivity contribution in [3.8, 4) is 0 Å². The SMILES string of the molecule is Cc1cnccc1C(=O)NC1(C(=O)O)CCCC1. The summed E-state index contributed by atoms with van der Waals surface area (Å²) in [5, 5.41) is 12.0. The lowest BCUT2D eigenvalue weighted by molar-refractivity contribution is -0.144. The third-order valence-corrected chi connectivity index (χ3v) is 3.48. The van der Waals surface area contributed by atoms with Crippen molar-refractivity contribution in [3.05, 3.63) is 29.6 Å². The Bertz CT molecular complexity index is 479. The molecule has 96 valence electrons. The standard InChI is InChI=1S/C13H16N2O3/c1-9-8-14-7-4-10(9)11(16)15-13(12(17)18)5-2-3-6-13/h4,7-8H,2-3,5-6H2,1H3,(H,15,16)(H,17,18). The molecule has 0 aliphatic heterocycles. The van der Waals surface area contributed by atoms with E-state index in [9.17, 15) is 14.7 Å². The first kappa shape index (κ1) is 12.5. The summed E-state index contributed by atoms with van der Waals surface area (Å²) in [6, 6.07) is 1.61. The van der Waals surface area contributed by atoms with Crippen molar-refractivity contribution in [1.29, 1.82) is 0 Å². The van der Waals surface area contributed by atoms with Crippen molar-refractivity contribution in [2.75, 3.05) is 0 Å². The molecule has 5 nitrogen and oxygen atoms in total. The van der Waals surface area contributed by atoms with Crippen molar-refractivity contribution in [2.24, 2.45) is 0 Å². The maximum Gasteiger partial charge on any atom is 0.329 e. The van der Waals surface area contributed by atoms with E-state index in [-0.39, 0.29) is 5.91 Å². The Morgan fingerprint density at radius 2 is 2.06 bits per heavy atom. The highest BCUT2D eigenvalue weighted by atomic mass is 16.4. The molecule has 1 amide bonds. The van der Waals surface area contributed by atoms with Crippen LogP contribution in [-0.2, 0) is 4.79 Å². The van der Waals surface area contributed by atoms with Gasteiger partial charge in [-0.1, -0.05) is 12.8 Å². The highest BCUT2D eigenvalue weighted by Crippen LogP contribution is 2.30. The molecule has 0 unspecified atom stereocenters. The number of amides is 1. The number of carboxylic acids is 1. The summed E-state index contributed by atoms with van der Waals surface area (Å²) < 4.78 is 0. The number of carboxylic acid groups (broad SMARTS) is 1. The Kier molecular flexibility index (Phi) is 3.32. The summed E-state index contributed by atoms with van der Waals surface area (Å²) in [5.41, 5.74) is 0.137. The largest absolute Gasteiger partial charge is 0.480 e. The summed E-state index contributed by atoms with van der Waals surface area (Å²) in [4.78, 5) is 27.4. The van der Waals surface area contributed by atoms with E-state index < -0.39 is 11.5 Å². The van der Waals surface area contributed by atoms with Crippen molar-refractivity contribution < 1.29 is 14.7 Å². The average molecular weight is 248 g/mol. The van der Waals surface area contributed by atoms with Gasteiger partial charge in [-0.3, -0.25) is 9.78 Å². The first-order chi connectivity index (χ1) is 8.55. The van der Waals surface area contributed by atoms with Gasteiger partial charge in [0.1, 0.15) is 5.54 Å². The van der Waals surface area contributed by atoms with Crippen LogP contribution in [0.4, 0.5) is 0 Å². The molecule has 0 bridgehead atoms. The number of aryl methyl sites for hydroxylation is 1. The number of hydrogen-bond acceptors (Lipinski definition) is 3. The minimum absolute atomic E-state index is 0.334. The predicted molar refractivity (Wildman–Crippen MR) is 65.3 cm³/mol. The van der Waals surface area contributed by atoms with Gasteiger partial charge in [-0.25, -0.2) is 4.79 Å². The Labute approximate surface area is 105 Å². The Morgan fingerprint density at radius 1 is 1.39 bits per heavy atom. The molecule has 0 saturated heterocycles. The number of nitrogens with one attached hydrogen (secondary N) is 1. The van der Waals surface area contributed by atoms with Crippen LogP contribution in [0.25, 0.3) is 0 Å². The van der Waals surface area contributed by atoms with E-state index in [0.29, 0.717) is 18.4 Å². The molecule has 1 aliphatic rings. The van der Waals surface area contributed by atoms with Crippen LogP contribution in [0.15, 0.2) is 18.5 Å². The molecule has 0 atom stereocenters. The molecule has 1 aromatic heterocycles. The highest BCUT2D eigenvalue weighted by Gasteiger charge is 2.42. The molecule has 0 aromatic carbocycles. The van der Waals surface area contributed by atoms with E-state index in [2.05, 4.69) is 10.3 Å². The van der Waals surface area contributed by atoms with Gasteiger partial charge in [0.2, 0.25) is 0 Å². The minimum atomic E-state index is -1.09. The van der Waals surface area contributed by atoms with Crippen LogP contribution in [0.3, 0.4) is 0 Å². The third kappa shape index (κ3) is 2.20. The molecular weight excluding hydrogens is 232 g/mol. The first-order valence-corrected chi connectivity index (χ1v) is 6.02. The second-order valence-electron chi connectivity index (χ2n) is 4.74. The first-order valence-electron chi connectivity index (χ1n) is 6.02. The fourth-order valence-electron chi connectivity index (χ4n) is 2.38. The molecule has 1 saturated carbocycles. The zero-order valence-electron chi connectivity index (χ0n) is 10.3.